The van der Waals surface area contributed by atoms with Crippen molar-refractivity contribution >= 4 is 32.6 Å². The maximum absolute atomic E-state index is 12.3. The van der Waals surface area contributed by atoms with Gasteiger partial charge in [-0.3, -0.25) is 4.98 Å². The van der Waals surface area contributed by atoms with Crippen LogP contribution in [0.5, 0.6) is 11.5 Å². The first-order valence-electron chi connectivity index (χ1n) is 5.07. The van der Waals surface area contributed by atoms with Gasteiger partial charge in [-0.1, -0.05) is 11.6 Å². The van der Waals surface area contributed by atoms with Crippen molar-refractivity contribution in [3.05, 3.63) is 29.4 Å². The molecule has 1 aromatic carbocycles. The molecule has 0 aliphatic heterocycles. The Balaban J connectivity index is 2.61. The van der Waals surface area contributed by atoms with E-state index in [4.69, 9.17) is 16.3 Å². The molecule has 2 rings (SSSR count). The van der Waals surface area contributed by atoms with E-state index in [0.29, 0.717) is 15.9 Å². The van der Waals surface area contributed by atoms with Gasteiger partial charge in [0.1, 0.15) is 0 Å². The number of fused-ring (bicyclic) bond motifs is 1. The Kier molecular flexibility index (Phi) is 3.77. The first kappa shape index (κ1) is 13.8. The van der Waals surface area contributed by atoms with Crippen LogP contribution in [0.15, 0.2) is 24.4 Å². The van der Waals surface area contributed by atoms with Crippen molar-refractivity contribution < 1.29 is 21.7 Å². The Morgan fingerprint density at radius 3 is 2.74 bits per heavy atom. The van der Waals surface area contributed by atoms with Gasteiger partial charge in [0, 0.05) is 17.6 Å². The number of nitrogens with zero attached hydrogens (tertiary/aromatic N) is 1. The van der Waals surface area contributed by atoms with Gasteiger partial charge >= 0.3 is 10.1 Å². The highest BCUT2D eigenvalue weighted by atomic mass is 35.5. The Labute approximate surface area is 114 Å². The third-order valence-corrected chi connectivity index (χ3v) is 3.35. The predicted octanol–water partition coefficient (Wildman–Crippen LogP) is 2.53. The number of halogens is 2. The molecule has 0 bridgehead atoms. The molecule has 0 unspecified atom stereocenters. The summed E-state index contributed by atoms with van der Waals surface area (Å²) < 4.78 is 44.2. The van der Waals surface area contributed by atoms with Crippen LogP contribution in [0.2, 0.25) is 5.02 Å². The van der Waals surface area contributed by atoms with Crippen LogP contribution in [-0.2, 0) is 10.1 Å². The fraction of sp³-hybridized carbons (Fsp3) is 0.182. The zero-order valence-electron chi connectivity index (χ0n) is 9.76. The van der Waals surface area contributed by atoms with Crippen molar-refractivity contribution in [3.63, 3.8) is 0 Å². The molecule has 8 heteroatoms. The number of hydrogen-bond acceptors (Lipinski definition) is 5. The molecular weight excluding hydrogens is 297 g/mol. The Hall–Kier alpha value is -1.60. The SMILES string of the molecule is COc1cc2c(Cl)ccnc2cc1OS(=O)(=O)CF. The van der Waals surface area contributed by atoms with Crippen molar-refractivity contribution in [2.45, 2.75) is 0 Å². The van der Waals surface area contributed by atoms with Gasteiger partial charge in [0.15, 0.2) is 11.5 Å². The van der Waals surface area contributed by atoms with E-state index in [-0.39, 0.29) is 11.5 Å². The molecular formula is C11H9ClFNO4S. The molecule has 102 valence electrons. The number of benzene rings is 1. The number of aromatic nitrogens is 1. The molecule has 19 heavy (non-hydrogen) atoms. The summed E-state index contributed by atoms with van der Waals surface area (Å²) in [5.74, 6) is -0.0122. The molecule has 0 fully saturated rings. The summed E-state index contributed by atoms with van der Waals surface area (Å²) in [4.78, 5) is 4.03. The van der Waals surface area contributed by atoms with Gasteiger partial charge in [0.05, 0.1) is 17.6 Å². The zero-order valence-corrected chi connectivity index (χ0v) is 11.3. The van der Waals surface area contributed by atoms with Gasteiger partial charge in [-0.2, -0.15) is 8.42 Å². The van der Waals surface area contributed by atoms with Gasteiger partial charge in [0.25, 0.3) is 0 Å². The summed E-state index contributed by atoms with van der Waals surface area (Å²) in [5.41, 5.74) is 0.414. The third-order valence-electron chi connectivity index (χ3n) is 2.32. The van der Waals surface area contributed by atoms with Gasteiger partial charge in [-0.25, -0.2) is 4.39 Å². The number of alkyl halides is 1. The van der Waals surface area contributed by atoms with Crippen LogP contribution in [0.3, 0.4) is 0 Å². The second-order valence-corrected chi connectivity index (χ2v) is 5.47. The lowest BCUT2D eigenvalue weighted by Gasteiger charge is -2.10. The van der Waals surface area contributed by atoms with Crippen LogP contribution < -0.4 is 8.92 Å². The summed E-state index contributed by atoms with van der Waals surface area (Å²) in [6.07, 6.45) is 1.46. The largest absolute Gasteiger partial charge is 0.493 e. The van der Waals surface area contributed by atoms with Crippen LogP contribution >= 0.6 is 11.6 Å². The zero-order chi connectivity index (χ0) is 14.0. The second kappa shape index (κ2) is 5.18. The van der Waals surface area contributed by atoms with Crippen LogP contribution in [0, 0.1) is 0 Å². The molecule has 0 radical (unpaired) electrons. The van der Waals surface area contributed by atoms with E-state index in [9.17, 15) is 12.8 Å². The minimum Gasteiger partial charge on any atom is -0.493 e. The molecule has 0 aliphatic carbocycles. The number of hydrogen-bond donors (Lipinski definition) is 0. The molecule has 0 atom stereocenters. The lowest BCUT2D eigenvalue weighted by Crippen LogP contribution is -2.11. The fourth-order valence-electron chi connectivity index (χ4n) is 1.50. The standard InChI is InChI=1S/C11H9ClFNO4S/c1-17-10-4-7-8(12)2-3-14-9(7)5-11(10)18-19(15,16)6-13/h2-5H,6H2,1H3. The lowest BCUT2D eigenvalue weighted by atomic mass is 10.2. The molecule has 0 saturated carbocycles. The second-order valence-electron chi connectivity index (χ2n) is 3.56. The number of methoxy groups -OCH3 is 1. The molecule has 0 N–H and O–H groups in total. The van der Waals surface area contributed by atoms with Crippen molar-refractivity contribution in [1.29, 1.82) is 0 Å². The van der Waals surface area contributed by atoms with Gasteiger partial charge < -0.3 is 8.92 Å². The highest BCUT2D eigenvalue weighted by Gasteiger charge is 2.17. The Morgan fingerprint density at radius 2 is 2.11 bits per heavy atom. The van der Waals surface area contributed by atoms with Crippen molar-refractivity contribution in [2.75, 3.05) is 13.1 Å². The lowest BCUT2D eigenvalue weighted by molar-refractivity contribution is 0.387. The molecule has 2 aromatic rings. The number of rotatable bonds is 4. The van der Waals surface area contributed by atoms with Crippen LogP contribution in [0.4, 0.5) is 4.39 Å². The summed E-state index contributed by atoms with van der Waals surface area (Å²) in [7, 11) is -2.96. The molecule has 1 aromatic heterocycles. The maximum atomic E-state index is 12.3. The summed E-state index contributed by atoms with van der Waals surface area (Å²) in [6.45, 7) is 0. The van der Waals surface area contributed by atoms with Crippen molar-refractivity contribution in [3.8, 4) is 11.5 Å². The van der Waals surface area contributed by atoms with E-state index in [1.54, 1.807) is 6.07 Å². The molecule has 0 amide bonds. The summed E-state index contributed by atoms with van der Waals surface area (Å²) in [5, 5.41) is 1.01. The quantitative estimate of drug-likeness (QED) is 0.812. The van der Waals surface area contributed by atoms with E-state index in [1.807, 2.05) is 0 Å². The third kappa shape index (κ3) is 2.87. The monoisotopic (exact) mass is 305 g/mol. The molecule has 0 spiro atoms. The molecule has 5 nitrogen and oxygen atoms in total. The van der Waals surface area contributed by atoms with Crippen LogP contribution in [0.25, 0.3) is 10.9 Å². The number of pyridine rings is 1. The normalized spacial score (nSPS) is 11.5. The Bertz CT molecular complexity index is 720. The highest BCUT2D eigenvalue weighted by Crippen LogP contribution is 2.35. The summed E-state index contributed by atoms with van der Waals surface area (Å²) in [6, 6.07) is 2.76. The van der Waals surface area contributed by atoms with Gasteiger partial charge in [-0.15, -0.1) is 0 Å². The van der Waals surface area contributed by atoms with E-state index in [1.165, 1.54) is 25.4 Å². The van der Waals surface area contributed by atoms with Crippen molar-refractivity contribution in [2.24, 2.45) is 0 Å². The highest BCUT2D eigenvalue weighted by molar-refractivity contribution is 7.86. The average molecular weight is 306 g/mol. The molecule has 0 aliphatic rings. The minimum absolute atomic E-state index is 0.124. The topological polar surface area (TPSA) is 65.5 Å². The first-order valence-corrected chi connectivity index (χ1v) is 7.03. The van der Waals surface area contributed by atoms with E-state index in [2.05, 4.69) is 9.17 Å². The minimum atomic E-state index is -4.29. The fourth-order valence-corrected chi connectivity index (χ4v) is 2.16. The van der Waals surface area contributed by atoms with Gasteiger partial charge in [0.2, 0.25) is 6.01 Å². The Morgan fingerprint density at radius 1 is 1.37 bits per heavy atom. The van der Waals surface area contributed by atoms with Gasteiger partial charge in [-0.05, 0) is 12.1 Å². The number of ether oxygens (including phenoxy) is 1. The molecule has 1 heterocycles. The van der Waals surface area contributed by atoms with Crippen LogP contribution in [-0.4, -0.2) is 26.5 Å². The van der Waals surface area contributed by atoms with E-state index >= 15 is 0 Å². The smallest absolute Gasteiger partial charge is 0.339 e. The van der Waals surface area contributed by atoms with Crippen LogP contribution in [0.1, 0.15) is 0 Å². The average Bonchev–Trinajstić information content (AvgIpc) is 2.38. The maximum Gasteiger partial charge on any atom is 0.339 e. The first-order chi connectivity index (χ1) is 8.96. The van der Waals surface area contributed by atoms with E-state index in [0.717, 1.165) is 0 Å². The summed E-state index contributed by atoms with van der Waals surface area (Å²) >= 11 is 5.98. The molecule has 0 saturated heterocycles. The van der Waals surface area contributed by atoms with E-state index < -0.39 is 16.1 Å². The van der Waals surface area contributed by atoms with Crippen molar-refractivity contribution in [1.82, 2.24) is 4.98 Å². The predicted molar refractivity (Wildman–Crippen MR) is 68.8 cm³/mol.